The molecule has 0 saturated heterocycles. The van der Waals surface area contributed by atoms with Crippen molar-refractivity contribution >= 4 is 11.9 Å². The number of carbonyl (C=O) groups is 2. The first-order chi connectivity index (χ1) is 18.2. The van der Waals surface area contributed by atoms with Gasteiger partial charge in [0.05, 0.1) is 6.61 Å². The normalized spacial score (nSPS) is 12.6. The lowest BCUT2D eigenvalue weighted by Gasteiger charge is -2.25. The van der Waals surface area contributed by atoms with Crippen LogP contribution in [0.15, 0.2) is 72.8 Å². The molecule has 6 nitrogen and oxygen atoms in total. The highest BCUT2D eigenvalue weighted by Gasteiger charge is 2.29. The molecule has 0 radical (unpaired) electrons. The van der Waals surface area contributed by atoms with E-state index in [1.54, 1.807) is 31.2 Å². The summed E-state index contributed by atoms with van der Waals surface area (Å²) in [4.78, 5) is 25.8. The minimum Gasteiger partial charge on any atom is -0.465 e. The van der Waals surface area contributed by atoms with Gasteiger partial charge in [-0.1, -0.05) is 56.3 Å². The van der Waals surface area contributed by atoms with Gasteiger partial charge in [0.2, 0.25) is 0 Å². The van der Waals surface area contributed by atoms with Crippen LogP contribution >= 0.6 is 0 Å². The maximum absolute atomic E-state index is 13.4. The topological polar surface area (TPSA) is 73.9 Å². The molecule has 202 valence electrons. The van der Waals surface area contributed by atoms with Gasteiger partial charge in [-0.25, -0.2) is 8.78 Å². The molecule has 0 spiro atoms. The number of hydrogen-bond acceptors (Lipinski definition) is 6. The van der Waals surface area contributed by atoms with E-state index in [2.05, 4.69) is 5.32 Å². The van der Waals surface area contributed by atoms with E-state index >= 15 is 0 Å². The summed E-state index contributed by atoms with van der Waals surface area (Å²) >= 11 is 0. The summed E-state index contributed by atoms with van der Waals surface area (Å²) in [6, 6.07) is 17.6. The lowest BCUT2D eigenvalue weighted by atomic mass is 10.0. The monoisotopic (exact) mass is 525 g/mol. The zero-order valence-corrected chi connectivity index (χ0v) is 21.8. The van der Waals surface area contributed by atoms with Gasteiger partial charge in [-0.15, -0.1) is 0 Å². The van der Waals surface area contributed by atoms with Crippen molar-refractivity contribution in [2.24, 2.45) is 5.92 Å². The van der Waals surface area contributed by atoms with Crippen molar-refractivity contribution in [1.29, 1.82) is 0 Å². The van der Waals surface area contributed by atoms with Crippen LogP contribution < -0.4 is 10.1 Å². The Morgan fingerprint density at radius 1 is 0.789 bits per heavy atom. The Hall–Kier alpha value is -3.78. The molecule has 2 atom stereocenters. The van der Waals surface area contributed by atoms with E-state index in [1.807, 2.05) is 44.2 Å². The fourth-order valence-electron chi connectivity index (χ4n) is 3.88. The van der Waals surface area contributed by atoms with Crippen LogP contribution in [-0.4, -0.2) is 30.6 Å². The Morgan fingerprint density at radius 3 is 2.03 bits per heavy atom. The van der Waals surface area contributed by atoms with Crippen LogP contribution in [0.2, 0.25) is 0 Å². The Balaban J connectivity index is 1.70. The van der Waals surface area contributed by atoms with Crippen molar-refractivity contribution in [3.8, 4) is 11.5 Å². The van der Waals surface area contributed by atoms with Crippen LogP contribution in [0, 0.1) is 17.6 Å². The number of carbonyl (C=O) groups excluding carboxylic acids is 2. The SMILES string of the molecule is CCOC(=O)C(Cc1ccc(Oc2cc(F)cc(F)c2)cc1)N[C@@H](CC(C)C)C(=O)OCc1ccccc1. The van der Waals surface area contributed by atoms with Gasteiger partial charge in [0.25, 0.3) is 0 Å². The quantitative estimate of drug-likeness (QED) is 0.277. The third-order valence-corrected chi connectivity index (χ3v) is 5.62. The van der Waals surface area contributed by atoms with Crippen molar-refractivity contribution in [1.82, 2.24) is 5.32 Å². The van der Waals surface area contributed by atoms with E-state index in [1.165, 1.54) is 0 Å². The minimum atomic E-state index is -0.799. The van der Waals surface area contributed by atoms with Crippen LogP contribution in [0.25, 0.3) is 0 Å². The van der Waals surface area contributed by atoms with Gasteiger partial charge in [-0.05, 0) is 48.9 Å². The first kappa shape index (κ1) is 28.8. The molecule has 0 bridgehead atoms. The van der Waals surface area contributed by atoms with E-state index in [0.29, 0.717) is 12.2 Å². The molecule has 0 amide bonds. The second-order valence-electron chi connectivity index (χ2n) is 9.30. The third kappa shape index (κ3) is 9.27. The second kappa shape index (κ2) is 14.2. The smallest absolute Gasteiger partial charge is 0.323 e. The zero-order valence-electron chi connectivity index (χ0n) is 21.8. The first-order valence-corrected chi connectivity index (χ1v) is 12.6. The van der Waals surface area contributed by atoms with Crippen molar-refractivity contribution in [2.45, 2.75) is 52.3 Å². The van der Waals surface area contributed by atoms with Gasteiger partial charge >= 0.3 is 11.9 Å². The van der Waals surface area contributed by atoms with Crippen LogP contribution in [-0.2, 0) is 32.1 Å². The Labute approximate surface area is 221 Å². The third-order valence-electron chi connectivity index (χ3n) is 5.62. The summed E-state index contributed by atoms with van der Waals surface area (Å²) in [6.45, 7) is 6.03. The van der Waals surface area contributed by atoms with Crippen molar-refractivity contribution in [2.75, 3.05) is 6.61 Å². The minimum absolute atomic E-state index is 0.0341. The van der Waals surface area contributed by atoms with Gasteiger partial charge in [-0.2, -0.15) is 0 Å². The summed E-state index contributed by atoms with van der Waals surface area (Å²) < 4.78 is 43.3. The van der Waals surface area contributed by atoms with E-state index in [-0.39, 0.29) is 31.3 Å². The molecule has 0 aromatic heterocycles. The average molecular weight is 526 g/mol. The Morgan fingerprint density at radius 2 is 1.42 bits per heavy atom. The van der Waals surface area contributed by atoms with Crippen molar-refractivity contribution in [3.05, 3.63) is 95.6 Å². The first-order valence-electron chi connectivity index (χ1n) is 12.6. The lowest BCUT2D eigenvalue weighted by Crippen LogP contribution is -2.50. The molecule has 3 aromatic rings. The van der Waals surface area contributed by atoms with Crippen molar-refractivity contribution < 1.29 is 32.6 Å². The number of rotatable bonds is 13. The van der Waals surface area contributed by atoms with Crippen molar-refractivity contribution in [3.63, 3.8) is 0 Å². The van der Waals surface area contributed by atoms with Crippen LogP contribution in [0.5, 0.6) is 11.5 Å². The van der Waals surface area contributed by atoms with Gasteiger partial charge < -0.3 is 14.2 Å². The number of hydrogen-bond donors (Lipinski definition) is 1. The standard InChI is InChI=1S/C30H33F2NO5/c1-4-36-29(34)28(33-27(14-20(2)3)30(35)37-19-22-8-6-5-7-9-22)15-21-10-12-25(13-11-21)38-26-17-23(31)16-24(32)18-26/h5-13,16-18,20,27-28,33H,4,14-15,19H2,1-3H3/t27-,28?/m0/s1. The highest BCUT2D eigenvalue weighted by Crippen LogP contribution is 2.24. The number of halogens is 2. The lowest BCUT2D eigenvalue weighted by molar-refractivity contribution is -0.150. The van der Waals surface area contributed by atoms with Crippen LogP contribution in [0.1, 0.15) is 38.3 Å². The van der Waals surface area contributed by atoms with Gasteiger partial charge in [-0.3, -0.25) is 14.9 Å². The number of nitrogens with one attached hydrogen (secondary N) is 1. The maximum Gasteiger partial charge on any atom is 0.323 e. The van der Waals surface area contributed by atoms with E-state index in [4.69, 9.17) is 14.2 Å². The predicted molar refractivity (Wildman–Crippen MR) is 140 cm³/mol. The summed E-state index contributed by atoms with van der Waals surface area (Å²) in [6.07, 6.45) is 0.717. The molecule has 0 fully saturated rings. The molecule has 0 aliphatic carbocycles. The summed E-state index contributed by atoms with van der Waals surface area (Å²) in [5, 5.41) is 3.16. The molecule has 0 saturated carbocycles. The highest BCUT2D eigenvalue weighted by molar-refractivity contribution is 5.80. The molecular formula is C30H33F2NO5. The molecule has 3 rings (SSSR count). The number of esters is 2. The molecule has 0 heterocycles. The average Bonchev–Trinajstić information content (AvgIpc) is 2.87. The van der Waals surface area contributed by atoms with E-state index < -0.39 is 35.7 Å². The molecule has 1 unspecified atom stereocenters. The molecule has 0 aliphatic rings. The second-order valence-corrected chi connectivity index (χ2v) is 9.30. The Bertz CT molecular complexity index is 1160. The molecule has 1 N–H and O–H groups in total. The van der Waals surface area contributed by atoms with Gasteiger partial charge in [0.1, 0.15) is 41.8 Å². The largest absolute Gasteiger partial charge is 0.465 e. The Kier molecular flexibility index (Phi) is 10.8. The summed E-state index contributed by atoms with van der Waals surface area (Å²) in [5.74, 6) is -1.82. The number of ether oxygens (including phenoxy) is 3. The summed E-state index contributed by atoms with van der Waals surface area (Å²) in [5.41, 5.74) is 1.64. The van der Waals surface area contributed by atoms with E-state index in [0.717, 1.165) is 29.3 Å². The molecule has 8 heteroatoms. The van der Waals surface area contributed by atoms with Crippen LogP contribution in [0.3, 0.4) is 0 Å². The van der Waals surface area contributed by atoms with Gasteiger partial charge in [0, 0.05) is 18.2 Å². The summed E-state index contributed by atoms with van der Waals surface area (Å²) in [7, 11) is 0. The molecular weight excluding hydrogens is 492 g/mol. The fraction of sp³-hybridized carbons (Fsp3) is 0.333. The fourth-order valence-corrected chi connectivity index (χ4v) is 3.88. The van der Waals surface area contributed by atoms with E-state index in [9.17, 15) is 18.4 Å². The zero-order chi connectivity index (χ0) is 27.5. The molecule has 0 aliphatic heterocycles. The molecule has 38 heavy (non-hydrogen) atoms. The van der Waals surface area contributed by atoms with Gasteiger partial charge in [0.15, 0.2) is 0 Å². The highest BCUT2D eigenvalue weighted by atomic mass is 19.1. The van der Waals surface area contributed by atoms with Crippen LogP contribution in [0.4, 0.5) is 8.78 Å². The number of benzene rings is 3. The predicted octanol–water partition coefficient (Wildman–Crippen LogP) is 5.98. The maximum atomic E-state index is 13.4. The molecule has 3 aromatic carbocycles.